The quantitative estimate of drug-likeness (QED) is 0.123. The van der Waals surface area contributed by atoms with E-state index in [0.717, 1.165) is 42.4 Å². The second-order valence-corrected chi connectivity index (χ2v) is 12.6. The molecule has 0 heterocycles. The summed E-state index contributed by atoms with van der Waals surface area (Å²) in [7, 11) is 3.21. The number of hydrogen-bond donors (Lipinski definition) is 2. The Hall–Kier alpha value is -4.66. The van der Waals surface area contributed by atoms with E-state index in [1.807, 2.05) is 69.3 Å². The highest BCUT2D eigenvalue weighted by Gasteiger charge is 2.24. The Morgan fingerprint density at radius 3 is 2.23 bits per heavy atom. The Morgan fingerprint density at radius 2 is 1.57 bits per heavy atom. The fourth-order valence-electron chi connectivity index (χ4n) is 5.32. The molecule has 0 saturated heterocycles. The largest absolute Gasteiger partial charge is 0.497 e. The summed E-state index contributed by atoms with van der Waals surface area (Å²) in [5.41, 5.74) is 3.00. The fourth-order valence-corrected chi connectivity index (χ4v) is 5.32. The zero-order valence-corrected chi connectivity index (χ0v) is 28.4. The van der Waals surface area contributed by atoms with Crippen molar-refractivity contribution in [3.8, 4) is 11.5 Å². The second kappa shape index (κ2) is 17.9. The normalized spacial score (nSPS) is 11.7. The Morgan fingerprint density at radius 1 is 0.830 bits per heavy atom. The van der Waals surface area contributed by atoms with Gasteiger partial charge < -0.3 is 19.5 Å². The predicted octanol–water partition coefficient (Wildman–Crippen LogP) is 7.47. The monoisotopic (exact) mass is 644 g/mol. The molecule has 0 saturated carbocycles. The number of unbranched alkanes of at least 4 members (excludes halogenated alkanes) is 2. The van der Waals surface area contributed by atoms with Crippen LogP contribution in [0.3, 0.4) is 0 Å². The van der Waals surface area contributed by atoms with Crippen LogP contribution >= 0.6 is 0 Å². The molecule has 0 fully saturated rings. The van der Waals surface area contributed by atoms with Crippen LogP contribution < -0.4 is 20.1 Å². The first-order valence-electron chi connectivity index (χ1n) is 16.1. The van der Waals surface area contributed by atoms with Gasteiger partial charge in [-0.15, -0.1) is 0 Å². The summed E-state index contributed by atoms with van der Waals surface area (Å²) in [5.74, 6) is -0.696. The molecule has 0 spiro atoms. The lowest BCUT2D eigenvalue weighted by Crippen LogP contribution is -2.31. The van der Waals surface area contributed by atoms with E-state index in [2.05, 4.69) is 17.6 Å². The van der Waals surface area contributed by atoms with E-state index >= 15 is 0 Å². The van der Waals surface area contributed by atoms with Gasteiger partial charge in [-0.2, -0.15) is 0 Å². The number of carbonyl (C=O) groups is 4. The summed E-state index contributed by atoms with van der Waals surface area (Å²) in [4.78, 5) is 51.3. The van der Waals surface area contributed by atoms with Gasteiger partial charge in [0.1, 0.15) is 18.1 Å². The summed E-state index contributed by atoms with van der Waals surface area (Å²) >= 11 is 0. The molecule has 3 amide bonds. The molecule has 0 aliphatic carbocycles. The molecule has 3 rings (SSSR count). The smallest absolute Gasteiger partial charge is 0.306 e. The highest BCUT2D eigenvalue weighted by atomic mass is 16.5. The van der Waals surface area contributed by atoms with E-state index in [4.69, 9.17) is 14.2 Å². The van der Waals surface area contributed by atoms with E-state index in [1.165, 1.54) is 0 Å². The van der Waals surface area contributed by atoms with Gasteiger partial charge in [0.05, 0.1) is 20.6 Å². The van der Waals surface area contributed by atoms with Crippen LogP contribution in [0.4, 0.5) is 5.69 Å². The summed E-state index contributed by atoms with van der Waals surface area (Å²) in [6.45, 7) is 8.32. The number of esters is 1. The van der Waals surface area contributed by atoms with Crippen molar-refractivity contribution in [3.63, 3.8) is 0 Å². The minimum Gasteiger partial charge on any atom is -0.497 e. The average molecular weight is 645 g/mol. The average Bonchev–Trinajstić information content (AvgIpc) is 3.05. The molecule has 2 N–H and O–H groups in total. The third-order valence-electron chi connectivity index (χ3n) is 7.88. The van der Waals surface area contributed by atoms with Crippen molar-refractivity contribution in [2.75, 3.05) is 19.5 Å². The third kappa shape index (κ3) is 11.6. The predicted molar refractivity (Wildman–Crippen MR) is 183 cm³/mol. The maximum absolute atomic E-state index is 13.6. The van der Waals surface area contributed by atoms with Crippen LogP contribution in [0.5, 0.6) is 11.5 Å². The van der Waals surface area contributed by atoms with E-state index in [1.54, 1.807) is 32.4 Å². The van der Waals surface area contributed by atoms with Crippen LogP contribution in [0.1, 0.15) is 106 Å². The van der Waals surface area contributed by atoms with Crippen molar-refractivity contribution in [3.05, 3.63) is 89.0 Å². The number of amides is 3. The molecule has 0 bridgehead atoms. The first-order valence-corrected chi connectivity index (χ1v) is 16.1. The first-order chi connectivity index (χ1) is 22.4. The zero-order chi connectivity index (χ0) is 34.4. The molecule has 0 aliphatic heterocycles. The number of benzene rings is 3. The molecule has 1 unspecified atom stereocenters. The van der Waals surface area contributed by atoms with Crippen LogP contribution in [-0.2, 0) is 31.1 Å². The second-order valence-electron chi connectivity index (χ2n) is 12.6. The van der Waals surface area contributed by atoms with Crippen LogP contribution in [0, 0.1) is 0 Å². The van der Waals surface area contributed by atoms with E-state index in [9.17, 15) is 19.2 Å². The zero-order valence-electron chi connectivity index (χ0n) is 28.4. The van der Waals surface area contributed by atoms with Gasteiger partial charge in [-0.3, -0.25) is 24.5 Å². The fraction of sp³-hybridized carbons (Fsp3) is 0.421. The van der Waals surface area contributed by atoms with Crippen molar-refractivity contribution < 1.29 is 33.4 Å². The molecule has 0 aromatic heterocycles. The van der Waals surface area contributed by atoms with Gasteiger partial charge in [0.2, 0.25) is 11.8 Å². The Kier molecular flexibility index (Phi) is 14.0. The number of imide groups is 1. The van der Waals surface area contributed by atoms with Crippen molar-refractivity contribution in [1.82, 2.24) is 5.32 Å². The number of nitrogens with one attached hydrogen (secondary N) is 2. The summed E-state index contributed by atoms with van der Waals surface area (Å²) < 4.78 is 16.2. The molecular weight excluding hydrogens is 596 g/mol. The topological polar surface area (TPSA) is 120 Å². The summed E-state index contributed by atoms with van der Waals surface area (Å²) in [6.07, 6.45) is 3.74. The third-order valence-corrected chi connectivity index (χ3v) is 7.88. The number of anilines is 1. The molecular formula is C38H48N2O7. The standard InChI is InChI=1S/C38H48N2O7/c1-7-8-10-15-27(30-18-17-29(45-5)24-33(30)46-6)23-35(42)39-32-22-28(16-19-31(32)38(2,3)4)37(44)40-34(41)20-21-36(43)47-25-26-13-11-9-12-14-26/h9,11-14,16-19,22,24,27H,7-8,10,15,20-21,23,25H2,1-6H3,(H,39,42)(H,40,41,44). The molecule has 9 nitrogen and oxygen atoms in total. The lowest BCUT2D eigenvalue weighted by Gasteiger charge is -2.25. The summed E-state index contributed by atoms with van der Waals surface area (Å²) in [5, 5.41) is 5.40. The SMILES string of the molecule is CCCCCC(CC(=O)Nc1cc(C(=O)NC(=O)CCC(=O)OCc2ccccc2)ccc1C(C)(C)C)c1ccc(OC)cc1OC. The van der Waals surface area contributed by atoms with E-state index < -0.39 is 17.8 Å². The molecule has 0 aliphatic rings. The van der Waals surface area contributed by atoms with Gasteiger partial charge in [0.15, 0.2) is 0 Å². The van der Waals surface area contributed by atoms with Gasteiger partial charge in [-0.05, 0) is 52.6 Å². The van der Waals surface area contributed by atoms with Gasteiger partial charge >= 0.3 is 5.97 Å². The number of hydrogen-bond acceptors (Lipinski definition) is 7. The molecule has 0 radical (unpaired) electrons. The van der Waals surface area contributed by atoms with Crippen LogP contribution in [-0.4, -0.2) is 37.9 Å². The summed E-state index contributed by atoms with van der Waals surface area (Å²) in [6, 6.07) is 19.9. The molecule has 3 aromatic rings. The molecule has 3 aromatic carbocycles. The maximum Gasteiger partial charge on any atom is 0.306 e. The highest BCUT2D eigenvalue weighted by molar-refractivity contribution is 6.06. The van der Waals surface area contributed by atoms with Crippen molar-refractivity contribution in [2.24, 2.45) is 0 Å². The minimum atomic E-state index is -0.621. The van der Waals surface area contributed by atoms with Gasteiger partial charge in [-0.25, -0.2) is 0 Å². The Balaban J connectivity index is 1.70. The minimum absolute atomic E-state index is 0.0935. The molecule has 47 heavy (non-hydrogen) atoms. The van der Waals surface area contributed by atoms with Gasteiger partial charge in [0, 0.05) is 30.2 Å². The molecule has 9 heteroatoms. The Bertz CT molecular complexity index is 1510. The molecule has 252 valence electrons. The molecule has 1 atom stereocenters. The lowest BCUT2D eigenvalue weighted by molar-refractivity contribution is -0.146. The Labute approximate surface area is 278 Å². The van der Waals surface area contributed by atoms with E-state index in [0.29, 0.717) is 17.2 Å². The number of rotatable bonds is 16. The van der Waals surface area contributed by atoms with Crippen LogP contribution in [0.15, 0.2) is 66.7 Å². The van der Waals surface area contributed by atoms with Crippen molar-refractivity contribution in [1.29, 1.82) is 0 Å². The van der Waals surface area contributed by atoms with Crippen molar-refractivity contribution in [2.45, 2.75) is 90.6 Å². The van der Waals surface area contributed by atoms with Crippen LogP contribution in [0.25, 0.3) is 0 Å². The number of ether oxygens (including phenoxy) is 3. The van der Waals surface area contributed by atoms with E-state index in [-0.39, 0.29) is 48.7 Å². The maximum atomic E-state index is 13.6. The van der Waals surface area contributed by atoms with Gasteiger partial charge in [0.25, 0.3) is 5.91 Å². The van der Waals surface area contributed by atoms with Crippen LogP contribution in [0.2, 0.25) is 0 Å². The number of carbonyl (C=O) groups excluding carboxylic acids is 4. The number of methoxy groups -OCH3 is 2. The first kappa shape index (κ1) is 36.8. The van der Waals surface area contributed by atoms with Crippen molar-refractivity contribution >= 4 is 29.4 Å². The highest BCUT2D eigenvalue weighted by Crippen LogP contribution is 2.36. The van der Waals surface area contributed by atoms with Gasteiger partial charge in [-0.1, -0.05) is 89.4 Å². The lowest BCUT2D eigenvalue weighted by atomic mass is 9.84.